The van der Waals surface area contributed by atoms with Crippen LogP contribution in [0, 0.1) is 0 Å². The Bertz CT molecular complexity index is 475. The molecule has 0 aromatic heterocycles. The highest BCUT2D eigenvalue weighted by Crippen LogP contribution is 2.33. The van der Waals surface area contributed by atoms with E-state index in [9.17, 15) is 5.11 Å². The molecular formula is C16H24N2O3. The van der Waals surface area contributed by atoms with Gasteiger partial charge in [-0.25, -0.2) is 0 Å². The maximum Gasteiger partial charge on any atom is 0.161 e. The molecule has 0 spiro atoms. The Kier molecular flexibility index (Phi) is 4.63. The summed E-state index contributed by atoms with van der Waals surface area (Å²) in [5.74, 6) is 1.45. The number of nitrogens with two attached hydrogens (primary N) is 1. The number of hydrogen-bond acceptors (Lipinski definition) is 5. The van der Waals surface area contributed by atoms with E-state index < -0.39 is 6.10 Å². The fourth-order valence-electron chi connectivity index (χ4n) is 2.97. The summed E-state index contributed by atoms with van der Waals surface area (Å²) in [6, 6.07) is 5.31. The maximum atomic E-state index is 10.5. The molecule has 2 aliphatic rings. The fourth-order valence-corrected chi connectivity index (χ4v) is 2.97. The van der Waals surface area contributed by atoms with E-state index in [1.807, 2.05) is 18.2 Å². The number of likely N-dealkylation sites (tertiary alicyclic amines) is 1. The molecule has 1 saturated heterocycles. The summed E-state index contributed by atoms with van der Waals surface area (Å²) >= 11 is 0. The maximum absolute atomic E-state index is 10.5. The predicted octanol–water partition coefficient (Wildman–Crippen LogP) is 1.30. The molecule has 116 valence electrons. The minimum Gasteiger partial charge on any atom is -0.490 e. The van der Waals surface area contributed by atoms with Gasteiger partial charge in [0.15, 0.2) is 11.5 Å². The van der Waals surface area contributed by atoms with Crippen LogP contribution in [-0.4, -0.2) is 48.9 Å². The van der Waals surface area contributed by atoms with Gasteiger partial charge < -0.3 is 25.2 Å². The van der Waals surface area contributed by atoms with Crippen LogP contribution < -0.4 is 15.2 Å². The van der Waals surface area contributed by atoms with Crippen molar-refractivity contribution in [2.75, 3.05) is 32.8 Å². The van der Waals surface area contributed by atoms with Crippen molar-refractivity contribution in [3.05, 3.63) is 23.8 Å². The molecule has 21 heavy (non-hydrogen) atoms. The second kappa shape index (κ2) is 6.64. The Morgan fingerprint density at radius 2 is 1.81 bits per heavy atom. The highest BCUT2D eigenvalue weighted by molar-refractivity contribution is 5.44. The zero-order valence-electron chi connectivity index (χ0n) is 12.3. The number of nitrogens with zero attached hydrogens (tertiary/aromatic N) is 1. The van der Waals surface area contributed by atoms with E-state index in [1.165, 1.54) is 12.8 Å². The van der Waals surface area contributed by atoms with Gasteiger partial charge in [0.05, 0.1) is 19.3 Å². The van der Waals surface area contributed by atoms with E-state index in [2.05, 4.69) is 4.90 Å². The quantitative estimate of drug-likeness (QED) is 0.875. The minimum atomic E-state index is -0.678. The molecule has 1 aromatic rings. The first-order chi connectivity index (χ1) is 10.2. The minimum absolute atomic E-state index is 0.284. The molecule has 0 amide bonds. The highest BCUT2D eigenvalue weighted by Gasteiger charge is 2.23. The van der Waals surface area contributed by atoms with E-state index in [0.717, 1.165) is 37.4 Å². The molecule has 3 rings (SSSR count). The zero-order valence-corrected chi connectivity index (χ0v) is 12.3. The van der Waals surface area contributed by atoms with Crippen LogP contribution in [0.15, 0.2) is 18.2 Å². The summed E-state index contributed by atoms with van der Waals surface area (Å²) in [6.07, 6.45) is 2.66. The number of aliphatic hydroxyl groups is 1. The normalized spacial score (nSPS) is 21.8. The molecule has 2 atom stereocenters. The van der Waals surface area contributed by atoms with Gasteiger partial charge in [0.2, 0.25) is 0 Å². The van der Waals surface area contributed by atoms with Gasteiger partial charge in [0.1, 0.15) is 0 Å². The molecular weight excluding hydrogens is 268 g/mol. The molecule has 1 aromatic carbocycles. The first kappa shape index (κ1) is 14.6. The molecule has 0 bridgehead atoms. The first-order valence-corrected chi connectivity index (χ1v) is 7.79. The SMILES string of the molecule is NC(CN1CCCC1)C(O)c1ccc2c(c1)OCCCO2. The van der Waals surface area contributed by atoms with E-state index >= 15 is 0 Å². The Labute approximate surface area is 125 Å². The average Bonchev–Trinajstić information content (AvgIpc) is 2.89. The molecule has 0 saturated carbocycles. The Morgan fingerprint density at radius 3 is 2.57 bits per heavy atom. The van der Waals surface area contributed by atoms with Crippen LogP contribution in [0.5, 0.6) is 11.5 Å². The van der Waals surface area contributed by atoms with Gasteiger partial charge in [0.25, 0.3) is 0 Å². The number of fused-ring (bicyclic) bond motifs is 1. The lowest BCUT2D eigenvalue weighted by Crippen LogP contribution is -2.40. The summed E-state index contributed by atoms with van der Waals surface area (Å²) in [5, 5.41) is 10.5. The lowest BCUT2D eigenvalue weighted by atomic mass is 10.0. The van der Waals surface area contributed by atoms with Gasteiger partial charge in [-0.2, -0.15) is 0 Å². The van der Waals surface area contributed by atoms with E-state index in [4.69, 9.17) is 15.2 Å². The number of benzene rings is 1. The van der Waals surface area contributed by atoms with Crippen molar-refractivity contribution in [2.45, 2.75) is 31.4 Å². The van der Waals surface area contributed by atoms with E-state index in [-0.39, 0.29) is 6.04 Å². The molecule has 5 heteroatoms. The molecule has 2 aliphatic heterocycles. The number of ether oxygens (including phenoxy) is 2. The average molecular weight is 292 g/mol. The van der Waals surface area contributed by atoms with Crippen LogP contribution >= 0.6 is 0 Å². The van der Waals surface area contributed by atoms with Crippen molar-refractivity contribution in [1.29, 1.82) is 0 Å². The van der Waals surface area contributed by atoms with Crippen LogP contribution in [0.4, 0.5) is 0 Å². The van der Waals surface area contributed by atoms with Gasteiger partial charge in [-0.3, -0.25) is 0 Å². The third-order valence-electron chi connectivity index (χ3n) is 4.19. The van der Waals surface area contributed by atoms with Crippen molar-refractivity contribution in [2.24, 2.45) is 5.73 Å². The summed E-state index contributed by atoms with van der Waals surface area (Å²) in [4.78, 5) is 2.32. The Balaban J connectivity index is 1.68. The predicted molar refractivity (Wildman–Crippen MR) is 80.7 cm³/mol. The Hall–Kier alpha value is -1.30. The number of rotatable bonds is 4. The van der Waals surface area contributed by atoms with Crippen molar-refractivity contribution in [3.8, 4) is 11.5 Å². The van der Waals surface area contributed by atoms with Crippen molar-refractivity contribution in [3.63, 3.8) is 0 Å². The van der Waals surface area contributed by atoms with E-state index in [1.54, 1.807) is 0 Å². The van der Waals surface area contributed by atoms with Crippen LogP contribution in [-0.2, 0) is 0 Å². The Morgan fingerprint density at radius 1 is 1.10 bits per heavy atom. The van der Waals surface area contributed by atoms with Gasteiger partial charge in [-0.15, -0.1) is 0 Å². The molecule has 3 N–H and O–H groups in total. The third-order valence-corrected chi connectivity index (χ3v) is 4.19. The first-order valence-electron chi connectivity index (χ1n) is 7.79. The summed E-state index contributed by atoms with van der Waals surface area (Å²) in [6.45, 7) is 4.22. The molecule has 5 nitrogen and oxygen atoms in total. The van der Waals surface area contributed by atoms with Gasteiger partial charge in [-0.1, -0.05) is 6.07 Å². The highest BCUT2D eigenvalue weighted by atomic mass is 16.5. The molecule has 0 aliphatic carbocycles. The number of hydrogen-bond donors (Lipinski definition) is 2. The second-order valence-corrected chi connectivity index (χ2v) is 5.87. The standard InChI is InChI=1S/C16H24N2O3/c17-13(11-18-6-1-2-7-18)16(19)12-4-5-14-15(10-12)21-9-3-8-20-14/h4-5,10,13,16,19H,1-3,6-9,11,17H2. The van der Waals surface area contributed by atoms with Crippen LogP contribution in [0.25, 0.3) is 0 Å². The molecule has 0 radical (unpaired) electrons. The zero-order chi connectivity index (χ0) is 14.7. The second-order valence-electron chi connectivity index (χ2n) is 5.87. The smallest absolute Gasteiger partial charge is 0.161 e. The summed E-state index contributed by atoms with van der Waals surface area (Å²) in [5.41, 5.74) is 6.97. The van der Waals surface area contributed by atoms with Crippen molar-refractivity contribution < 1.29 is 14.6 Å². The molecule has 2 unspecified atom stereocenters. The lowest BCUT2D eigenvalue weighted by Gasteiger charge is -2.25. The molecule has 2 heterocycles. The largest absolute Gasteiger partial charge is 0.490 e. The monoisotopic (exact) mass is 292 g/mol. The van der Waals surface area contributed by atoms with Crippen LogP contribution in [0.2, 0.25) is 0 Å². The van der Waals surface area contributed by atoms with Crippen molar-refractivity contribution in [1.82, 2.24) is 4.90 Å². The fraction of sp³-hybridized carbons (Fsp3) is 0.625. The third kappa shape index (κ3) is 3.48. The molecule has 1 fully saturated rings. The summed E-state index contributed by atoms with van der Waals surface area (Å²) in [7, 11) is 0. The van der Waals surface area contributed by atoms with Gasteiger partial charge >= 0.3 is 0 Å². The summed E-state index contributed by atoms with van der Waals surface area (Å²) < 4.78 is 11.3. The lowest BCUT2D eigenvalue weighted by molar-refractivity contribution is 0.125. The van der Waals surface area contributed by atoms with Crippen LogP contribution in [0.1, 0.15) is 30.9 Å². The van der Waals surface area contributed by atoms with Crippen LogP contribution in [0.3, 0.4) is 0 Å². The van der Waals surface area contributed by atoms with Gasteiger partial charge in [0, 0.05) is 19.0 Å². The van der Waals surface area contributed by atoms with Gasteiger partial charge in [-0.05, 0) is 43.6 Å². The van der Waals surface area contributed by atoms with Crippen molar-refractivity contribution >= 4 is 0 Å². The number of aliphatic hydroxyl groups excluding tert-OH is 1. The van der Waals surface area contributed by atoms with E-state index in [0.29, 0.717) is 19.0 Å². The topological polar surface area (TPSA) is 68.0 Å².